The molecular weight excluding hydrogens is 318 g/mol. The van der Waals surface area contributed by atoms with Crippen molar-refractivity contribution < 1.29 is 14.0 Å². The maximum Gasteiger partial charge on any atom is 0.305 e. The molecule has 2 amide bonds. The van der Waals surface area contributed by atoms with Gasteiger partial charge in [-0.2, -0.15) is 0 Å². The van der Waals surface area contributed by atoms with E-state index in [0.717, 1.165) is 5.56 Å². The van der Waals surface area contributed by atoms with Crippen LogP contribution in [0.4, 0.5) is 5.69 Å². The lowest BCUT2D eigenvalue weighted by atomic mass is 10.2. The van der Waals surface area contributed by atoms with E-state index in [0.29, 0.717) is 16.4 Å². The Morgan fingerprint density at radius 2 is 2.04 bits per heavy atom. The molecule has 0 saturated heterocycles. The Labute approximate surface area is 138 Å². The number of hydrazine groups is 1. The predicted octanol–water partition coefficient (Wildman–Crippen LogP) is 3.02. The average molecular weight is 334 g/mol. The fourth-order valence-corrected chi connectivity index (χ4v) is 2.04. The number of amides is 2. The third kappa shape index (κ3) is 4.89. The Balaban J connectivity index is 1.80. The minimum Gasteiger partial charge on any atom is -0.459 e. The van der Waals surface area contributed by atoms with E-state index in [9.17, 15) is 9.59 Å². The molecule has 0 aliphatic heterocycles. The molecule has 2 aromatic rings. The summed E-state index contributed by atoms with van der Waals surface area (Å²) < 4.78 is 4.94. The van der Waals surface area contributed by atoms with Gasteiger partial charge in [-0.15, -0.1) is 0 Å². The molecule has 0 unspecified atom stereocenters. The van der Waals surface area contributed by atoms with Crippen LogP contribution in [0.3, 0.4) is 0 Å². The quantitative estimate of drug-likeness (QED) is 0.709. The second-order valence-corrected chi connectivity index (χ2v) is 5.28. The van der Waals surface area contributed by atoms with Gasteiger partial charge in [-0.05, 0) is 42.8 Å². The lowest BCUT2D eigenvalue weighted by Gasteiger charge is -2.12. The summed E-state index contributed by atoms with van der Waals surface area (Å²) in [6, 6.07) is 8.31. The molecule has 7 heteroatoms. The molecule has 3 N–H and O–H groups in total. The van der Waals surface area contributed by atoms with Crippen LogP contribution in [0.2, 0.25) is 5.02 Å². The van der Waals surface area contributed by atoms with Crippen molar-refractivity contribution in [3.8, 4) is 0 Å². The first-order valence-corrected chi connectivity index (χ1v) is 7.17. The molecule has 0 radical (unpaired) electrons. The number of carbonyl (C=O) groups excluding carboxylic acids is 2. The van der Waals surface area contributed by atoms with Gasteiger partial charge in [0.25, 0.3) is 0 Å². The topological polar surface area (TPSA) is 83.4 Å². The maximum atomic E-state index is 12.0. The second-order valence-electron chi connectivity index (χ2n) is 4.84. The number of furan rings is 1. The molecule has 0 spiro atoms. The van der Waals surface area contributed by atoms with E-state index in [-0.39, 0.29) is 18.1 Å². The van der Waals surface area contributed by atoms with Crippen LogP contribution in [-0.2, 0) is 4.79 Å². The first-order valence-electron chi connectivity index (χ1n) is 6.79. The Morgan fingerprint density at radius 1 is 1.26 bits per heavy atom. The smallest absolute Gasteiger partial charge is 0.305 e. The molecule has 23 heavy (non-hydrogen) atoms. The summed E-state index contributed by atoms with van der Waals surface area (Å²) in [7, 11) is 0. The predicted molar refractivity (Wildman–Crippen MR) is 87.9 cm³/mol. The van der Waals surface area contributed by atoms with Gasteiger partial charge in [0.2, 0.25) is 5.91 Å². The molecule has 0 aliphatic carbocycles. The molecule has 0 aliphatic rings. The van der Waals surface area contributed by atoms with Crippen molar-refractivity contribution in [1.82, 2.24) is 10.9 Å². The summed E-state index contributed by atoms with van der Waals surface area (Å²) in [4.78, 5) is 23.6. The van der Waals surface area contributed by atoms with Gasteiger partial charge in [-0.25, -0.2) is 0 Å². The highest BCUT2D eigenvalue weighted by atomic mass is 35.5. The minimum atomic E-state index is -0.454. The fourth-order valence-electron chi connectivity index (χ4n) is 1.81. The van der Waals surface area contributed by atoms with Gasteiger partial charge in [0.05, 0.1) is 12.7 Å². The van der Waals surface area contributed by atoms with Crippen LogP contribution in [-0.4, -0.2) is 11.8 Å². The number of hydrogen-bond acceptors (Lipinski definition) is 4. The van der Waals surface area contributed by atoms with Crippen LogP contribution in [0.15, 0.2) is 53.3 Å². The van der Waals surface area contributed by atoms with Crippen molar-refractivity contribution in [2.24, 2.45) is 0 Å². The Kier molecular flexibility index (Phi) is 5.43. The number of rotatable bonds is 6. The summed E-state index contributed by atoms with van der Waals surface area (Å²) in [6.45, 7) is 5.53. The van der Waals surface area contributed by atoms with Gasteiger partial charge in [0, 0.05) is 16.4 Å². The van der Waals surface area contributed by atoms with E-state index in [1.165, 1.54) is 12.3 Å². The van der Waals surface area contributed by atoms with Crippen molar-refractivity contribution in [1.29, 1.82) is 0 Å². The van der Waals surface area contributed by atoms with Crippen LogP contribution in [0, 0.1) is 6.92 Å². The normalized spacial score (nSPS) is 10.0. The Morgan fingerprint density at radius 3 is 2.70 bits per heavy atom. The number of aryl methyl sites for hydroxylation is 1. The van der Waals surface area contributed by atoms with Crippen LogP contribution >= 0.6 is 11.6 Å². The lowest BCUT2D eigenvalue weighted by Crippen LogP contribution is -2.37. The fraction of sp³-hybridized carbons (Fsp3) is 0.125. The number of carbonyl (C=O) groups is 2. The third-order valence-electron chi connectivity index (χ3n) is 2.93. The summed E-state index contributed by atoms with van der Waals surface area (Å²) >= 11 is 5.87. The minimum absolute atomic E-state index is 0.000497. The summed E-state index contributed by atoms with van der Waals surface area (Å²) in [5.41, 5.74) is 6.84. The molecule has 0 bridgehead atoms. The largest absolute Gasteiger partial charge is 0.459 e. The van der Waals surface area contributed by atoms with Crippen LogP contribution in [0.5, 0.6) is 0 Å². The van der Waals surface area contributed by atoms with Crippen LogP contribution in [0.1, 0.15) is 22.5 Å². The molecule has 120 valence electrons. The van der Waals surface area contributed by atoms with Gasteiger partial charge in [0.15, 0.2) is 5.76 Å². The van der Waals surface area contributed by atoms with E-state index < -0.39 is 5.91 Å². The lowest BCUT2D eigenvalue weighted by molar-refractivity contribution is -0.115. The highest BCUT2D eigenvalue weighted by Crippen LogP contribution is 2.19. The number of nitrogens with one attached hydrogen (secondary N) is 3. The molecule has 1 aromatic carbocycles. The van der Waals surface area contributed by atoms with E-state index in [2.05, 4.69) is 22.7 Å². The average Bonchev–Trinajstić information content (AvgIpc) is 3.02. The molecule has 2 rings (SSSR count). The number of halogens is 1. The van der Waals surface area contributed by atoms with Crippen molar-refractivity contribution >= 4 is 29.1 Å². The van der Waals surface area contributed by atoms with Crippen LogP contribution < -0.4 is 16.2 Å². The number of hydrogen-bond donors (Lipinski definition) is 3. The molecule has 0 atom stereocenters. The zero-order valence-electron chi connectivity index (χ0n) is 12.5. The molecule has 6 nitrogen and oxygen atoms in total. The van der Waals surface area contributed by atoms with Gasteiger partial charge in [-0.1, -0.05) is 18.2 Å². The number of anilines is 1. The van der Waals surface area contributed by atoms with Gasteiger partial charge < -0.3 is 15.2 Å². The van der Waals surface area contributed by atoms with Crippen LogP contribution in [0.25, 0.3) is 0 Å². The van der Waals surface area contributed by atoms with Gasteiger partial charge in [-0.3, -0.25) is 15.0 Å². The Bertz CT molecular complexity index is 726. The molecular formula is C16H16ClN3O3. The van der Waals surface area contributed by atoms with E-state index in [4.69, 9.17) is 16.0 Å². The first-order chi connectivity index (χ1) is 11.0. The SMILES string of the molecule is C=C(CC(=O)Nc1ccc(Cl)cc1C)NNC(=O)c1ccco1. The highest BCUT2D eigenvalue weighted by molar-refractivity contribution is 6.30. The summed E-state index contributed by atoms with van der Waals surface area (Å²) in [5, 5.41) is 3.36. The van der Waals surface area contributed by atoms with Crippen molar-refractivity contribution in [2.45, 2.75) is 13.3 Å². The molecule has 0 saturated carbocycles. The van der Waals surface area contributed by atoms with E-state index >= 15 is 0 Å². The zero-order valence-corrected chi connectivity index (χ0v) is 13.2. The number of benzene rings is 1. The van der Waals surface area contributed by atoms with Gasteiger partial charge >= 0.3 is 5.91 Å². The molecule has 1 aromatic heterocycles. The summed E-state index contributed by atoms with van der Waals surface area (Å²) in [5.74, 6) is -0.559. The highest BCUT2D eigenvalue weighted by Gasteiger charge is 2.10. The van der Waals surface area contributed by atoms with Gasteiger partial charge in [0.1, 0.15) is 0 Å². The zero-order chi connectivity index (χ0) is 16.8. The van der Waals surface area contributed by atoms with E-state index in [1.54, 1.807) is 24.3 Å². The Hall–Kier alpha value is -2.73. The monoisotopic (exact) mass is 333 g/mol. The summed E-state index contributed by atoms with van der Waals surface area (Å²) in [6.07, 6.45) is 1.39. The third-order valence-corrected chi connectivity index (χ3v) is 3.17. The second kappa shape index (κ2) is 7.51. The first kappa shape index (κ1) is 16.6. The van der Waals surface area contributed by atoms with Crippen molar-refractivity contribution in [2.75, 3.05) is 5.32 Å². The molecule has 1 heterocycles. The van der Waals surface area contributed by atoms with E-state index in [1.807, 2.05) is 6.92 Å². The van der Waals surface area contributed by atoms with Crippen molar-refractivity contribution in [3.63, 3.8) is 0 Å². The standard InChI is InChI=1S/C16H16ClN3O3/c1-10-8-12(17)5-6-13(10)18-15(21)9-11(2)19-20-16(22)14-4-3-7-23-14/h3-8,19H,2,9H2,1H3,(H,18,21)(H,20,22). The molecule has 0 fully saturated rings. The van der Waals surface area contributed by atoms with Crippen molar-refractivity contribution in [3.05, 3.63) is 65.2 Å². The maximum absolute atomic E-state index is 12.0.